The molecule has 2 aromatic carbocycles. The third-order valence-corrected chi connectivity index (χ3v) is 5.81. The van der Waals surface area contributed by atoms with Gasteiger partial charge in [0.25, 0.3) is 5.91 Å². The Hall–Kier alpha value is -3.02. The minimum absolute atomic E-state index is 0.129. The number of carbonyl (C=O) groups excluding carboxylic acids is 1. The number of amides is 1. The first-order valence-corrected chi connectivity index (χ1v) is 9.16. The summed E-state index contributed by atoms with van der Waals surface area (Å²) in [6.45, 7) is 0.536. The standard InChI is InChI=1S/C21H18FN3O2/c22-16-7-4-8-17-18(16)21(9-1-2-10-21)12-25(17)20(26)15-6-3-5-14(11-15)19-23-13-27-24-19/h3-8,11,13H,1-2,9-10,12H2. The molecule has 2 heterocycles. The lowest BCUT2D eigenvalue weighted by Crippen LogP contribution is -2.35. The molecule has 0 saturated heterocycles. The van der Waals surface area contributed by atoms with E-state index in [4.69, 9.17) is 4.52 Å². The number of rotatable bonds is 2. The van der Waals surface area contributed by atoms with Crippen molar-refractivity contribution in [2.75, 3.05) is 11.4 Å². The van der Waals surface area contributed by atoms with E-state index in [0.717, 1.165) is 25.7 Å². The van der Waals surface area contributed by atoms with Gasteiger partial charge in [-0.25, -0.2) is 4.39 Å². The highest BCUT2D eigenvalue weighted by Gasteiger charge is 2.48. The molecule has 1 fully saturated rings. The van der Waals surface area contributed by atoms with Gasteiger partial charge in [-0.05, 0) is 37.1 Å². The van der Waals surface area contributed by atoms with Gasteiger partial charge in [-0.15, -0.1) is 0 Å². The van der Waals surface area contributed by atoms with Gasteiger partial charge in [-0.3, -0.25) is 4.79 Å². The summed E-state index contributed by atoms with van der Waals surface area (Å²) in [7, 11) is 0. The first kappa shape index (κ1) is 16.2. The first-order valence-electron chi connectivity index (χ1n) is 9.16. The summed E-state index contributed by atoms with van der Waals surface area (Å²) in [6, 6.07) is 12.2. The van der Waals surface area contributed by atoms with Gasteiger partial charge in [0.1, 0.15) is 5.82 Å². The lowest BCUT2D eigenvalue weighted by molar-refractivity contribution is 0.0985. The smallest absolute Gasteiger partial charge is 0.258 e. The van der Waals surface area contributed by atoms with E-state index in [-0.39, 0.29) is 17.1 Å². The molecule has 3 aromatic rings. The van der Waals surface area contributed by atoms with Crippen molar-refractivity contribution in [2.24, 2.45) is 0 Å². The molecule has 1 saturated carbocycles. The van der Waals surface area contributed by atoms with Crippen molar-refractivity contribution in [3.63, 3.8) is 0 Å². The van der Waals surface area contributed by atoms with Gasteiger partial charge in [0, 0.05) is 28.7 Å². The number of hydrogen-bond donors (Lipinski definition) is 0. The zero-order valence-electron chi connectivity index (χ0n) is 14.7. The van der Waals surface area contributed by atoms with Crippen molar-refractivity contribution in [1.82, 2.24) is 10.1 Å². The zero-order chi connectivity index (χ0) is 18.4. The molecule has 6 heteroatoms. The maximum atomic E-state index is 14.7. The number of benzene rings is 2. The molecule has 1 aliphatic heterocycles. The average molecular weight is 363 g/mol. The number of aromatic nitrogens is 2. The fourth-order valence-corrected chi connectivity index (χ4v) is 4.62. The highest BCUT2D eigenvalue weighted by atomic mass is 19.1. The van der Waals surface area contributed by atoms with Gasteiger partial charge in [0.15, 0.2) is 0 Å². The second kappa shape index (κ2) is 6.01. The van der Waals surface area contributed by atoms with Crippen LogP contribution in [0, 0.1) is 5.82 Å². The quantitative estimate of drug-likeness (QED) is 0.679. The van der Waals surface area contributed by atoms with Crippen molar-refractivity contribution in [1.29, 1.82) is 0 Å². The first-order chi connectivity index (χ1) is 13.2. The van der Waals surface area contributed by atoms with E-state index < -0.39 is 0 Å². The fraction of sp³-hybridized carbons (Fsp3) is 0.286. The van der Waals surface area contributed by atoms with E-state index in [2.05, 4.69) is 10.1 Å². The summed E-state index contributed by atoms with van der Waals surface area (Å²) in [6.07, 6.45) is 5.25. The molecule has 27 heavy (non-hydrogen) atoms. The minimum atomic E-state index is -0.248. The minimum Gasteiger partial charge on any atom is -0.342 e. The van der Waals surface area contributed by atoms with E-state index >= 15 is 0 Å². The van der Waals surface area contributed by atoms with Crippen LogP contribution in [-0.2, 0) is 5.41 Å². The second-order valence-corrected chi connectivity index (χ2v) is 7.35. The number of fused-ring (bicyclic) bond motifs is 2. The van der Waals surface area contributed by atoms with Crippen LogP contribution in [0.15, 0.2) is 53.4 Å². The van der Waals surface area contributed by atoms with Crippen molar-refractivity contribution in [3.05, 3.63) is 65.8 Å². The topological polar surface area (TPSA) is 59.2 Å². The van der Waals surface area contributed by atoms with Crippen LogP contribution in [0.4, 0.5) is 10.1 Å². The maximum Gasteiger partial charge on any atom is 0.258 e. The molecular weight excluding hydrogens is 345 g/mol. The van der Waals surface area contributed by atoms with Crippen LogP contribution in [-0.4, -0.2) is 22.6 Å². The van der Waals surface area contributed by atoms with E-state index in [9.17, 15) is 9.18 Å². The van der Waals surface area contributed by atoms with Crippen LogP contribution in [0.2, 0.25) is 0 Å². The number of anilines is 1. The Morgan fingerprint density at radius 2 is 1.96 bits per heavy atom. The summed E-state index contributed by atoms with van der Waals surface area (Å²) in [5.41, 5.74) is 2.41. The molecule has 1 amide bonds. The Balaban J connectivity index is 1.55. The van der Waals surface area contributed by atoms with Crippen LogP contribution < -0.4 is 4.90 Å². The molecule has 5 nitrogen and oxygen atoms in total. The fourth-order valence-electron chi connectivity index (χ4n) is 4.62. The van der Waals surface area contributed by atoms with Crippen molar-refractivity contribution in [3.8, 4) is 11.4 Å². The van der Waals surface area contributed by atoms with Gasteiger partial charge in [-0.1, -0.05) is 36.2 Å². The Labute approximate surface area is 155 Å². The lowest BCUT2D eigenvalue weighted by Gasteiger charge is -2.25. The Morgan fingerprint density at radius 3 is 2.74 bits per heavy atom. The lowest BCUT2D eigenvalue weighted by atomic mass is 9.80. The third kappa shape index (κ3) is 2.47. The monoisotopic (exact) mass is 363 g/mol. The molecule has 1 spiro atoms. The molecule has 2 aliphatic rings. The summed E-state index contributed by atoms with van der Waals surface area (Å²) < 4.78 is 19.5. The molecule has 0 radical (unpaired) electrons. The SMILES string of the molecule is O=C(c1cccc(-c2ncon2)c1)N1CC2(CCCC2)c2c(F)cccc21. The molecule has 136 valence electrons. The number of nitrogens with zero attached hydrogens (tertiary/aromatic N) is 3. The molecule has 0 bridgehead atoms. The predicted molar refractivity (Wildman–Crippen MR) is 98.0 cm³/mol. The van der Waals surface area contributed by atoms with Crippen LogP contribution >= 0.6 is 0 Å². The Morgan fingerprint density at radius 1 is 1.15 bits per heavy atom. The van der Waals surface area contributed by atoms with Crippen LogP contribution in [0.5, 0.6) is 0 Å². The average Bonchev–Trinajstić information content (AvgIpc) is 3.43. The Bertz CT molecular complexity index is 1010. The molecule has 0 atom stereocenters. The predicted octanol–water partition coefficient (Wildman–Crippen LogP) is 4.35. The molecular formula is C21H18FN3O2. The molecule has 0 unspecified atom stereocenters. The number of halogens is 1. The van der Waals surface area contributed by atoms with E-state index in [1.165, 1.54) is 12.5 Å². The molecule has 5 rings (SSSR count). The molecule has 1 aliphatic carbocycles. The van der Waals surface area contributed by atoms with Crippen LogP contribution in [0.1, 0.15) is 41.6 Å². The van der Waals surface area contributed by atoms with Crippen molar-refractivity contribution >= 4 is 11.6 Å². The normalized spacial score (nSPS) is 17.4. The molecule has 0 N–H and O–H groups in total. The molecule has 1 aromatic heterocycles. The summed E-state index contributed by atoms with van der Waals surface area (Å²) >= 11 is 0. The largest absolute Gasteiger partial charge is 0.342 e. The van der Waals surface area contributed by atoms with Crippen LogP contribution in [0.25, 0.3) is 11.4 Å². The van der Waals surface area contributed by atoms with Gasteiger partial charge in [-0.2, -0.15) is 4.98 Å². The van der Waals surface area contributed by atoms with E-state index in [0.29, 0.717) is 34.7 Å². The summed E-state index contributed by atoms with van der Waals surface area (Å²) in [5.74, 6) is 0.103. The highest BCUT2D eigenvalue weighted by molar-refractivity contribution is 6.08. The Kier molecular flexibility index (Phi) is 3.60. The van der Waals surface area contributed by atoms with E-state index in [1.54, 1.807) is 29.2 Å². The summed E-state index contributed by atoms with van der Waals surface area (Å²) in [5, 5.41) is 3.83. The van der Waals surface area contributed by atoms with Gasteiger partial charge in [0.2, 0.25) is 12.2 Å². The van der Waals surface area contributed by atoms with Crippen molar-refractivity contribution in [2.45, 2.75) is 31.1 Å². The number of carbonyl (C=O) groups is 1. The van der Waals surface area contributed by atoms with Gasteiger partial charge >= 0.3 is 0 Å². The van der Waals surface area contributed by atoms with Gasteiger partial charge in [0.05, 0.1) is 5.69 Å². The van der Waals surface area contributed by atoms with E-state index in [1.807, 2.05) is 12.1 Å². The summed E-state index contributed by atoms with van der Waals surface area (Å²) in [4.78, 5) is 19.1. The third-order valence-electron chi connectivity index (χ3n) is 5.81. The maximum absolute atomic E-state index is 14.7. The van der Waals surface area contributed by atoms with Crippen molar-refractivity contribution < 1.29 is 13.7 Å². The highest BCUT2D eigenvalue weighted by Crippen LogP contribution is 2.51. The van der Waals surface area contributed by atoms with Gasteiger partial charge < -0.3 is 9.42 Å². The number of hydrogen-bond acceptors (Lipinski definition) is 4. The zero-order valence-corrected chi connectivity index (χ0v) is 14.7. The second-order valence-electron chi connectivity index (χ2n) is 7.35. The van der Waals surface area contributed by atoms with Crippen LogP contribution in [0.3, 0.4) is 0 Å².